The van der Waals surface area contributed by atoms with Crippen LogP contribution >= 0.6 is 0 Å². The van der Waals surface area contributed by atoms with Gasteiger partial charge in [-0.1, -0.05) is 18.2 Å². The van der Waals surface area contributed by atoms with E-state index in [0.717, 1.165) is 12.8 Å². The summed E-state index contributed by atoms with van der Waals surface area (Å²) < 4.78 is 0. The lowest BCUT2D eigenvalue weighted by Gasteiger charge is -2.13. The molecule has 2 rings (SSSR count). The van der Waals surface area contributed by atoms with Crippen LogP contribution in [0.25, 0.3) is 0 Å². The van der Waals surface area contributed by atoms with Crippen LogP contribution in [0.3, 0.4) is 0 Å². The average molecular weight is 304 g/mol. The highest BCUT2D eigenvalue weighted by atomic mass is 16.4. The topological polar surface area (TPSA) is 95.5 Å². The number of hydrogen-bond donors (Lipinski definition) is 3. The largest absolute Gasteiger partial charge is 0.480 e. The molecule has 1 atom stereocenters. The molecule has 3 N–H and O–H groups in total. The zero-order chi connectivity index (χ0) is 15.9. The highest BCUT2D eigenvalue weighted by molar-refractivity contribution is 5.94. The molecule has 0 aromatic heterocycles. The molecule has 1 aliphatic rings. The fraction of sp³-hybridized carbons (Fsp3) is 0.438. The van der Waals surface area contributed by atoms with Gasteiger partial charge in [0.05, 0.1) is 0 Å². The Kier molecular flexibility index (Phi) is 5.52. The molecule has 6 heteroatoms. The molecule has 22 heavy (non-hydrogen) atoms. The first kappa shape index (κ1) is 16.0. The number of carboxylic acids is 1. The van der Waals surface area contributed by atoms with Crippen LogP contribution in [-0.4, -0.2) is 35.5 Å². The van der Waals surface area contributed by atoms with Gasteiger partial charge in [0.15, 0.2) is 0 Å². The lowest BCUT2D eigenvalue weighted by Crippen LogP contribution is -2.42. The summed E-state index contributed by atoms with van der Waals surface area (Å²) in [6.07, 6.45) is 2.38. The van der Waals surface area contributed by atoms with Crippen molar-refractivity contribution >= 4 is 17.8 Å². The van der Waals surface area contributed by atoms with Crippen molar-refractivity contribution in [1.29, 1.82) is 0 Å². The number of carbonyl (C=O) groups excluding carboxylic acids is 2. The van der Waals surface area contributed by atoms with Gasteiger partial charge in [-0.25, -0.2) is 4.79 Å². The van der Waals surface area contributed by atoms with Gasteiger partial charge in [0.2, 0.25) is 5.91 Å². The fourth-order valence-corrected chi connectivity index (χ4v) is 2.20. The molecule has 1 unspecified atom stereocenters. The summed E-state index contributed by atoms with van der Waals surface area (Å²) in [6.45, 7) is 0.377. The first-order chi connectivity index (χ1) is 10.6. The van der Waals surface area contributed by atoms with E-state index in [4.69, 9.17) is 5.11 Å². The summed E-state index contributed by atoms with van der Waals surface area (Å²) >= 11 is 0. The summed E-state index contributed by atoms with van der Waals surface area (Å²) in [5.74, 6) is -1.37. The Morgan fingerprint density at radius 2 is 1.86 bits per heavy atom. The van der Waals surface area contributed by atoms with E-state index in [0.29, 0.717) is 18.5 Å². The standard InChI is InChI=1S/C16H20N2O4/c19-13(18-14(16(21)22)11-8-9-11)7-4-10-17-15(20)12-5-2-1-3-6-12/h1-3,5-6,11,14H,4,7-10H2,(H,17,20)(H,18,19)(H,21,22). The zero-order valence-electron chi connectivity index (χ0n) is 12.2. The molecule has 0 aliphatic heterocycles. The van der Waals surface area contributed by atoms with Gasteiger partial charge in [0.1, 0.15) is 6.04 Å². The molecule has 0 spiro atoms. The Morgan fingerprint density at radius 3 is 2.45 bits per heavy atom. The predicted octanol–water partition coefficient (Wildman–Crippen LogP) is 1.18. The molecule has 118 valence electrons. The number of carbonyl (C=O) groups is 3. The SMILES string of the molecule is O=C(CCCNC(=O)c1ccccc1)NC(C(=O)O)C1CC1. The number of carboxylic acid groups (broad SMARTS) is 1. The second kappa shape index (κ2) is 7.59. The second-order valence-electron chi connectivity index (χ2n) is 5.45. The van der Waals surface area contributed by atoms with Crippen molar-refractivity contribution in [3.05, 3.63) is 35.9 Å². The molecule has 0 heterocycles. The van der Waals surface area contributed by atoms with Gasteiger partial charge in [-0.05, 0) is 37.3 Å². The van der Waals surface area contributed by atoms with E-state index in [1.165, 1.54) is 0 Å². The molecule has 6 nitrogen and oxygen atoms in total. The number of hydrogen-bond acceptors (Lipinski definition) is 3. The number of nitrogens with one attached hydrogen (secondary N) is 2. The first-order valence-corrected chi connectivity index (χ1v) is 7.43. The van der Waals surface area contributed by atoms with E-state index in [9.17, 15) is 14.4 Å². The fourth-order valence-electron chi connectivity index (χ4n) is 2.20. The van der Waals surface area contributed by atoms with Crippen LogP contribution in [0.1, 0.15) is 36.0 Å². The van der Waals surface area contributed by atoms with Crippen LogP contribution in [0.2, 0.25) is 0 Å². The maximum Gasteiger partial charge on any atom is 0.326 e. The third-order valence-electron chi connectivity index (χ3n) is 3.58. The quantitative estimate of drug-likeness (QED) is 0.628. The lowest BCUT2D eigenvalue weighted by molar-refractivity contribution is -0.142. The average Bonchev–Trinajstić information content (AvgIpc) is 3.34. The van der Waals surface area contributed by atoms with Crippen molar-refractivity contribution in [3.63, 3.8) is 0 Å². The molecule has 0 saturated heterocycles. The van der Waals surface area contributed by atoms with Crippen molar-refractivity contribution in [2.75, 3.05) is 6.54 Å². The smallest absolute Gasteiger partial charge is 0.326 e. The van der Waals surface area contributed by atoms with Gasteiger partial charge >= 0.3 is 5.97 Å². The third-order valence-corrected chi connectivity index (χ3v) is 3.58. The van der Waals surface area contributed by atoms with Crippen molar-refractivity contribution in [2.24, 2.45) is 5.92 Å². The second-order valence-corrected chi connectivity index (χ2v) is 5.45. The normalized spacial score (nSPS) is 14.9. The lowest BCUT2D eigenvalue weighted by atomic mass is 10.1. The van der Waals surface area contributed by atoms with Crippen LogP contribution < -0.4 is 10.6 Å². The minimum atomic E-state index is -0.978. The molecule has 2 amide bonds. The summed E-state index contributed by atoms with van der Waals surface area (Å²) in [6, 6.07) is 8.06. The molecule has 1 aromatic rings. The molecule has 0 radical (unpaired) electrons. The van der Waals surface area contributed by atoms with Crippen molar-refractivity contribution < 1.29 is 19.5 Å². The molecular weight excluding hydrogens is 284 g/mol. The van der Waals surface area contributed by atoms with Gasteiger partial charge in [-0.15, -0.1) is 0 Å². The van der Waals surface area contributed by atoms with Crippen molar-refractivity contribution in [3.8, 4) is 0 Å². The predicted molar refractivity (Wildman–Crippen MR) is 80.3 cm³/mol. The van der Waals surface area contributed by atoms with E-state index >= 15 is 0 Å². The molecular formula is C16H20N2O4. The Bertz CT molecular complexity index is 540. The minimum Gasteiger partial charge on any atom is -0.480 e. The van der Waals surface area contributed by atoms with Crippen LogP contribution in [0.5, 0.6) is 0 Å². The van der Waals surface area contributed by atoms with Crippen molar-refractivity contribution in [1.82, 2.24) is 10.6 Å². The Hall–Kier alpha value is -2.37. The third kappa shape index (κ3) is 4.87. The van der Waals surface area contributed by atoms with Gasteiger partial charge in [-0.2, -0.15) is 0 Å². The number of aliphatic carboxylic acids is 1. The number of amides is 2. The molecule has 1 aliphatic carbocycles. The Labute approximate surface area is 128 Å². The van der Waals surface area contributed by atoms with E-state index in [1.54, 1.807) is 24.3 Å². The van der Waals surface area contributed by atoms with E-state index < -0.39 is 12.0 Å². The number of benzene rings is 1. The van der Waals surface area contributed by atoms with Crippen LogP contribution in [0.4, 0.5) is 0 Å². The van der Waals surface area contributed by atoms with Gasteiger partial charge < -0.3 is 15.7 Å². The molecule has 1 saturated carbocycles. The summed E-state index contributed by atoms with van der Waals surface area (Å²) in [5.41, 5.74) is 0.576. The maximum atomic E-state index is 11.8. The summed E-state index contributed by atoms with van der Waals surface area (Å²) in [7, 11) is 0. The highest BCUT2D eigenvalue weighted by Gasteiger charge is 2.37. The zero-order valence-corrected chi connectivity index (χ0v) is 12.2. The molecule has 0 bridgehead atoms. The van der Waals surface area contributed by atoms with Gasteiger partial charge in [-0.3, -0.25) is 9.59 Å². The van der Waals surface area contributed by atoms with Crippen LogP contribution in [0, 0.1) is 5.92 Å². The molecule has 1 fully saturated rings. The minimum absolute atomic E-state index is 0.0687. The number of rotatable bonds is 8. The van der Waals surface area contributed by atoms with E-state index in [2.05, 4.69) is 10.6 Å². The van der Waals surface area contributed by atoms with Crippen molar-refractivity contribution in [2.45, 2.75) is 31.7 Å². The van der Waals surface area contributed by atoms with Gasteiger partial charge in [0, 0.05) is 18.5 Å². The summed E-state index contributed by atoms with van der Waals surface area (Å²) in [4.78, 5) is 34.5. The van der Waals surface area contributed by atoms with Gasteiger partial charge in [0.25, 0.3) is 5.91 Å². The Balaban J connectivity index is 1.65. The van der Waals surface area contributed by atoms with E-state index in [1.807, 2.05) is 6.07 Å². The maximum absolute atomic E-state index is 11.8. The molecule has 1 aromatic carbocycles. The van der Waals surface area contributed by atoms with Crippen LogP contribution in [0.15, 0.2) is 30.3 Å². The summed E-state index contributed by atoms with van der Waals surface area (Å²) in [5, 5.41) is 14.3. The first-order valence-electron chi connectivity index (χ1n) is 7.43. The van der Waals surface area contributed by atoms with E-state index in [-0.39, 0.29) is 24.2 Å². The Morgan fingerprint density at radius 1 is 1.18 bits per heavy atom. The highest BCUT2D eigenvalue weighted by Crippen LogP contribution is 2.32. The monoisotopic (exact) mass is 304 g/mol. The van der Waals surface area contributed by atoms with Crippen LogP contribution in [-0.2, 0) is 9.59 Å².